The average molecular weight is 468 g/mol. The number of hydrogen-bond donors (Lipinski definition) is 2. The number of H-pyrrole nitrogens is 1. The molecular weight excluding hydrogens is 446 g/mol. The smallest absolute Gasteiger partial charge is 0.335 e. The molecule has 170 valence electrons. The molecule has 9 nitrogen and oxygen atoms in total. The average Bonchev–Trinajstić information content (AvgIpc) is 3.19. The van der Waals surface area contributed by atoms with Crippen molar-refractivity contribution in [1.82, 2.24) is 14.6 Å². The predicted octanol–water partition coefficient (Wildman–Crippen LogP) is 2.65. The number of nitrogens with one attached hydrogen (secondary N) is 1. The second-order valence-corrected chi connectivity index (χ2v) is 8.33. The maximum Gasteiger partial charge on any atom is 0.335 e. The Kier molecular flexibility index (Phi) is 5.82. The van der Waals surface area contributed by atoms with Crippen LogP contribution in [0.15, 0.2) is 63.2 Å². The summed E-state index contributed by atoms with van der Waals surface area (Å²) in [7, 11) is 3.86. The van der Waals surface area contributed by atoms with Crippen molar-refractivity contribution in [1.29, 1.82) is 0 Å². The Balaban J connectivity index is 1.80. The van der Waals surface area contributed by atoms with Gasteiger partial charge in [-0.25, -0.2) is 14.4 Å². The van der Waals surface area contributed by atoms with Gasteiger partial charge in [0.05, 0.1) is 17.4 Å². The van der Waals surface area contributed by atoms with E-state index >= 15 is 0 Å². The van der Waals surface area contributed by atoms with Gasteiger partial charge in [0, 0.05) is 38.1 Å². The third-order valence-corrected chi connectivity index (χ3v) is 5.70. The molecule has 1 atom stereocenters. The molecule has 1 aromatic heterocycles. The van der Waals surface area contributed by atoms with Crippen LogP contribution in [0.1, 0.15) is 30.5 Å². The normalized spacial score (nSPS) is 15.5. The first-order valence-corrected chi connectivity index (χ1v) is 10.5. The number of amides is 1. The SMILES string of the molecule is CC(=O)N1N=C(c2c(O)n(-c3cccc(Cl)c3)c(=O)[nH]c2=O)C[C@H]1c1ccc(N(C)C)cc1. The van der Waals surface area contributed by atoms with Crippen LogP contribution in [0.25, 0.3) is 5.69 Å². The molecule has 1 amide bonds. The highest BCUT2D eigenvalue weighted by atomic mass is 35.5. The van der Waals surface area contributed by atoms with E-state index in [-0.39, 0.29) is 29.3 Å². The number of rotatable bonds is 4. The molecule has 0 spiro atoms. The van der Waals surface area contributed by atoms with E-state index in [0.717, 1.165) is 15.8 Å². The summed E-state index contributed by atoms with van der Waals surface area (Å²) < 4.78 is 0.947. The van der Waals surface area contributed by atoms with E-state index in [4.69, 9.17) is 11.6 Å². The number of benzene rings is 2. The van der Waals surface area contributed by atoms with Gasteiger partial charge in [-0.05, 0) is 35.9 Å². The summed E-state index contributed by atoms with van der Waals surface area (Å²) in [4.78, 5) is 41.7. The van der Waals surface area contributed by atoms with E-state index in [9.17, 15) is 19.5 Å². The molecule has 0 fully saturated rings. The Labute approximate surface area is 194 Å². The Bertz CT molecular complexity index is 1370. The minimum absolute atomic E-state index is 0.173. The van der Waals surface area contributed by atoms with Crippen molar-refractivity contribution in [3.63, 3.8) is 0 Å². The van der Waals surface area contributed by atoms with E-state index in [1.54, 1.807) is 18.2 Å². The van der Waals surface area contributed by atoms with Crippen LogP contribution in [-0.2, 0) is 4.79 Å². The van der Waals surface area contributed by atoms with Crippen molar-refractivity contribution < 1.29 is 9.90 Å². The maximum absolute atomic E-state index is 12.7. The topological polar surface area (TPSA) is 111 Å². The van der Waals surface area contributed by atoms with Crippen molar-refractivity contribution in [3.05, 3.63) is 85.5 Å². The van der Waals surface area contributed by atoms with Crippen LogP contribution in [0.4, 0.5) is 5.69 Å². The fraction of sp³-hybridized carbons (Fsp3) is 0.217. The van der Waals surface area contributed by atoms with Gasteiger partial charge < -0.3 is 10.0 Å². The summed E-state index contributed by atoms with van der Waals surface area (Å²) in [5.74, 6) is -0.886. The van der Waals surface area contributed by atoms with Gasteiger partial charge in [-0.3, -0.25) is 14.6 Å². The minimum atomic E-state index is -0.818. The first kappa shape index (κ1) is 22.3. The van der Waals surface area contributed by atoms with Gasteiger partial charge in [-0.15, -0.1) is 0 Å². The number of nitrogens with zero attached hydrogens (tertiary/aromatic N) is 4. The summed E-state index contributed by atoms with van der Waals surface area (Å²) in [6.07, 6.45) is 0.186. The van der Waals surface area contributed by atoms with Gasteiger partial charge in [0.1, 0.15) is 5.56 Å². The Morgan fingerprint density at radius 1 is 1.18 bits per heavy atom. The lowest BCUT2D eigenvalue weighted by Gasteiger charge is -2.21. The standard InChI is InChI=1S/C23H22ClN5O4/c1-13(30)29-19(14-7-9-16(10-8-14)27(2)3)12-18(26-29)20-21(31)25-23(33)28(22(20)32)17-6-4-5-15(24)11-17/h4-11,19,32H,12H2,1-3H3,(H,25,31,33)/t19-/m0/s1. The van der Waals surface area contributed by atoms with Crippen molar-refractivity contribution >= 4 is 28.9 Å². The highest BCUT2D eigenvalue weighted by molar-refractivity contribution is 6.30. The first-order chi connectivity index (χ1) is 15.7. The van der Waals surface area contributed by atoms with Crippen molar-refractivity contribution in [2.45, 2.75) is 19.4 Å². The lowest BCUT2D eigenvalue weighted by Crippen LogP contribution is -2.33. The number of hydrogen-bond acceptors (Lipinski definition) is 6. The zero-order chi connectivity index (χ0) is 23.9. The minimum Gasteiger partial charge on any atom is -0.493 e. The molecule has 0 radical (unpaired) electrons. The number of anilines is 1. The van der Waals surface area contributed by atoms with E-state index < -0.39 is 23.2 Å². The molecule has 0 saturated heterocycles. The van der Waals surface area contributed by atoms with Gasteiger partial charge in [-0.1, -0.05) is 29.8 Å². The predicted molar refractivity (Wildman–Crippen MR) is 127 cm³/mol. The van der Waals surface area contributed by atoms with Crippen LogP contribution in [0.5, 0.6) is 5.88 Å². The lowest BCUT2D eigenvalue weighted by atomic mass is 9.99. The van der Waals surface area contributed by atoms with Crippen molar-refractivity contribution in [2.24, 2.45) is 5.10 Å². The molecule has 4 rings (SSSR count). The fourth-order valence-electron chi connectivity index (χ4n) is 3.85. The number of aromatic nitrogens is 2. The highest BCUT2D eigenvalue weighted by Gasteiger charge is 2.34. The fourth-order valence-corrected chi connectivity index (χ4v) is 4.03. The Morgan fingerprint density at radius 2 is 1.88 bits per heavy atom. The molecule has 0 saturated carbocycles. The van der Waals surface area contributed by atoms with Gasteiger partial charge in [0.25, 0.3) is 5.56 Å². The van der Waals surface area contributed by atoms with Crippen LogP contribution in [0, 0.1) is 0 Å². The van der Waals surface area contributed by atoms with E-state index in [1.165, 1.54) is 18.0 Å². The molecule has 0 bridgehead atoms. The third-order valence-electron chi connectivity index (χ3n) is 5.47. The van der Waals surface area contributed by atoms with Crippen LogP contribution in [-0.4, -0.2) is 45.4 Å². The van der Waals surface area contributed by atoms with Crippen molar-refractivity contribution in [3.8, 4) is 11.6 Å². The Morgan fingerprint density at radius 3 is 2.48 bits per heavy atom. The maximum atomic E-state index is 12.7. The first-order valence-electron chi connectivity index (χ1n) is 10.2. The van der Waals surface area contributed by atoms with E-state index in [2.05, 4.69) is 10.1 Å². The molecule has 2 heterocycles. The van der Waals surface area contributed by atoms with Gasteiger partial charge in [-0.2, -0.15) is 5.10 Å². The summed E-state index contributed by atoms with van der Waals surface area (Å²) in [5, 5.41) is 16.9. The van der Waals surface area contributed by atoms with Crippen LogP contribution < -0.4 is 16.1 Å². The zero-order valence-corrected chi connectivity index (χ0v) is 19.0. The van der Waals surface area contributed by atoms with Gasteiger partial charge in [0.15, 0.2) is 0 Å². The number of aromatic hydroxyl groups is 1. The molecule has 2 N–H and O–H groups in total. The number of aromatic amines is 1. The van der Waals surface area contributed by atoms with Gasteiger partial charge >= 0.3 is 5.69 Å². The van der Waals surface area contributed by atoms with Crippen LogP contribution in [0.2, 0.25) is 5.02 Å². The number of hydrazone groups is 1. The van der Waals surface area contributed by atoms with E-state index in [0.29, 0.717) is 5.02 Å². The number of halogens is 1. The summed E-state index contributed by atoms with van der Waals surface area (Å²) in [5.41, 5.74) is 0.515. The lowest BCUT2D eigenvalue weighted by molar-refractivity contribution is -0.130. The molecule has 1 aliphatic rings. The van der Waals surface area contributed by atoms with Crippen molar-refractivity contribution in [2.75, 3.05) is 19.0 Å². The number of carbonyl (C=O) groups excluding carboxylic acids is 1. The molecule has 33 heavy (non-hydrogen) atoms. The van der Waals surface area contributed by atoms with Gasteiger partial charge in [0.2, 0.25) is 11.8 Å². The molecule has 3 aromatic rings. The Hall–Kier alpha value is -3.85. The molecule has 0 aliphatic carbocycles. The van der Waals surface area contributed by atoms with E-state index in [1.807, 2.05) is 43.3 Å². The highest BCUT2D eigenvalue weighted by Crippen LogP contribution is 2.34. The molecule has 1 aliphatic heterocycles. The molecule has 10 heteroatoms. The third kappa shape index (κ3) is 4.14. The second-order valence-electron chi connectivity index (χ2n) is 7.89. The molecule has 0 unspecified atom stereocenters. The second kappa shape index (κ2) is 8.59. The summed E-state index contributed by atoms with van der Waals surface area (Å²) in [6, 6.07) is 13.5. The molecular formula is C23H22ClN5O4. The molecule has 2 aromatic carbocycles. The zero-order valence-electron chi connectivity index (χ0n) is 18.2. The largest absolute Gasteiger partial charge is 0.493 e. The number of carbonyl (C=O) groups is 1. The quantitative estimate of drug-likeness (QED) is 0.612. The monoisotopic (exact) mass is 467 g/mol. The van der Waals surface area contributed by atoms with Crippen LogP contribution >= 0.6 is 11.6 Å². The summed E-state index contributed by atoms with van der Waals surface area (Å²) in [6.45, 7) is 1.38. The summed E-state index contributed by atoms with van der Waals surface area (Å²) >= 11 is 6.03. The van der Waals surface area contributed by atoms with Crippen LogP contribution in [0.3, 0.4) is 0 Å².